The van der Waals surface area contributed by atoms with E-state index in [1.807, 2.05) is 12.2 Å². The van der Waals surface area contributed by atoms with Gasteiger partial charge < -0.3 is 5.32 Å². The average molecular weight is 183 g/mol. The van der Waals surface area contributed by atoms with E-state index in [1.54, 1.807) is 0 Å². The van der Waals surface area contributed by atoms with Crippen LogP contribution >= 0.6 is 0 Å². The van der Waals surface area contributed by atoms with Gasteiger partial charge in [-0.05, 0) is 18.3 Å². The summed E-state index contributed by atoms with van der Waals surface area (Å²) in [5, 5.41) is 3.48. The number of hydrogen-bond donors (Lipinski definition) is 1. The van der Waals surface area contributed by atoms with Crippen molar-refractivity contribution in [2.45, 2.75) is 32.0 Å². The second-order valence-electron chi connectivity index (χ2n) is 3.48. The van der Waals surface area contributed by atoms with Crippen molar-refractivity contribution in [3.63, 3.8) is 0 Å². The van der Waals surface area contributed by atoms with Gasteiger partial charge in [0.15, 0.2) is 0 Å². The normalized spacial score (nSPS) is 10.7. The number of hydrogen-bond acceptors (Lipinski definition) is 1. The lowest BCUT2D eigenvalue weighted by atomic mass is 10.4. The Balaban J connectivity index is 3.61. The van der Waals surface area contributed by atoms with Crippen LogP contribution in [0, 0.1) is 0 Å². The summed E-state index contributed by atoms with van der Waals surface area (Å²) in [6.45, 7) is 11.9. The van der Waals surface area contributed by atoms with Crippen LogP contribution in [0.5, 0.6) is 0 Å². The third-order valence-electron chi connectivity index (χ3n) is 1.81. The molecule has 1 nitrogen and oxygen atoms in total. The molecule has 0 aromatic carbocycles. The van der Waals surface area contributed by atoms with E-state index in [-0.39, 0.29) is 0 Å². The molecule has 0 aromatic rings. The molecule has 0 saturated heterocycles. The van der Waals surface area contributed by atoms with Gasteiger partial charge in [0.1, 0.15) is 0 Å². The van der Waals surface area contributed by atoms with Gasteiger partial charge in [0, 0.05) is 6.04 Å². The molecule has 1 N–H and O–H groups in total. The van der Waals surface area contributed by atoms with Gasteiger partial charge in [-0.2, -0.15) is 0 Å². The van der Waals surface area contributed by atoms with Gasteiger partial charge in [-0.3, -0.25) is 0 Å². The molecular formula is C10H21NSi. The molecule has 0 aromatic heterocycles. The third-order valence-corrected chi connectivity index (χ3v) is 4.63. The van der Waals surface area contributed by atoms with Crippen molar-refractivity contribution in [2.75, 3.05) is 6.17 Å². The van der Waals surface area contributed by atoms with Crippen molar-refractivity contribution in [3.05, 3.63) is 25.3 Å². The minimum atomic E-state index is -0.637. The molecule has 0 atom stereocenters. The van der Waals surface area contributed by atoms with E-state index in [9.17, 15) is 0 Å². The predicted molar refractivity (Wildman–Crippen MR) is 60.3 cm³/mol. The maximum atomic E-state index is 3.78. The fourth-order valence-corrected chi connectivity index (χ4v) is 3.41. The zero-order valence-electron chi connectivity index (χ0n) is 8.34. The van der Waals surface area contributed by atoms with Gasteiger partial charge in [0.05, 0.1) is 8.80 Å². The lowest BCUT2D eigenvalue weighted by molar-refractivity contribution is 0.645. The van der Waals surface area contributed by atoms with Crippen LogP contribution in [0.1, 0.15) is 13.8 Å². The Bertz CT molecular complexity index is 122. The van der Waals surface area contributed by atoms with Crippen molar-refractivity contribution in [1.29, 1.82) is 0 Å². The van der Waals surface area contributed by atoms with E-state index in [1.165, 1.54) is 18.3 Å². The summed E-state index contributed by atoms with van der Waals surface area (Å²) >= 11 is 0. The molecule has 0 aliphatic carbocycles. The van der Waals surface area contributed by atoms with E-state index in [0.29, 0.717) is 6.04 Å². The van der Waals surface area contributed by atoms with Crippen LogP contribution in [-0.4, -0.2) is 21.0 Å². The minimum Gasteiger partial charge on any atom is -0.318 e. The maximum Gasteiger partial charge on any atom is 0.0601 e. The highest BCUT2D eigenvalue weighted by Crippen LogP contribution is 2.00. The molecule has 0 unspecified atom stereocenters. The van der Waals surface area contributed by atoms with Gasteiger partial charge in [0.2, 0.25) is 0 Å². The van der Waals surface area contributed by atoms with Crippen molar-refractivity contribution in [3.8, 4) is 0 Å². The second kappa shape index (κ2) is 7.31. The number of rotatable bonds is 7. The maximum absolute atomic E-state index is 3.78. The molecule has 0 amide bonds. The first-order chi connectivity index (χ1) is 5.70. The van der Waals surface area contributed by atoms with Crippen LogP contribution < -0.4 is 5.32 Å². The highest BCUT2D eigenvalue weighted by molar-refractivity contribution is 6.60. The Morgan fingerprint density at radius 2 is 1.75 bits per heavy atom. The van der Waals surface area contributed by atoms with Crippen molar-refractivity contribution in [2.24, 2.45) is 0 Å². The van der Waals surface area contributed by atoms with E-state index in [0.717, 1.165) is 0 Å². The van der Waals surface area contributed by atoms with Crippen molar-refractivity contribution in [1.82, 2.24) is 5.32 Å². The summed E-state index contributed by atoms with van der Waals surface area (Å²) in [4.78, 5) is 0. The largest absolute Gasteiger partial charge is 0.318 e. The van der Waals surface area contributed by atoms with Crippen molar-refractivity contribution < 1.29 is 0 Å². The van der Waals surface area contributed by atoms with Gasteiger partial charge in [-0.15, -0.1) is 13.2 Å². The molecule has 0 spiro atoms. The predicted octanol–water partition coefficient (Wildman–Crippen LogP) is 2.12. The standard InChI is InChI=1S/C10H21NSi/c1-5-7-12(8-6-2)9-11-10(3)4/h5-6,10-12H,1-2,7-9H2,3-4H3. The minimum absolute atomic E-state index is 0.606. The summed E-state index contributed by atoms with van der Waals surface area (Å²) < 4.78 is 0. The number of nitrogens with one attached hydrogen (secondary N) is 1. The van der Waals surface area contributed by atoms with Crippen LogP contribution in [-0.2, 0) is 0 Å². The molecule has 0 rings (SSSR count). The molecule has 0 bridgehead atoms. The smallest absolute Gasteiger partial charge is 0.0601 e. The summed E-state index contributed by atoms with van der Waals surface area (Å²) in [5.74, 6) is 0. The van der Waals surface area contributed by atoms with E-state index >= 15 is 0 Å². The second-order valence-corrected chi connectivity index (χ2v) is 6.56. The topological polar surface area (TPSA) is 12.0 Å². The zero-order chi connectivity index (χ0) is 9.40. The van der Waals surface area contributed by atoms with Crippen LogP contribution in [0.4, 0.5) is 0 Å². The van der Waals surface area contributed by atoms with E-state index < -0.39 is 8.80 Å². The lowest BCUT2D eigenvalue weighted by Crippen LogP contribution is -2.34. The van der Waals surface area contributed by atoms with Crippen molar-refractivity contribution >= 4 is 8.80 Å². The molecule has 70 valence electrons. The Morgan fingerprint density at radius 3 is 2.08 bits per heavy atom. The van der Waals surface area contributed by atoms with E-state index in [4.69, 9.17) is 0 Å². The summed E-state index contributed by atoms with van der Waals surface area (Å²) in [7, 11) is -0.637. The molecule has 12 heavy (non-hydrogen) atoms. The van der Waals surface area contributed by atoms with Gasteiger partial charge in [-0.25, -0.2) is 0 Å². The fourth-order valence-electron chi connectivity index (χ4n) is 1.14. The third kappa shape index (κ3) is 6.37. The number of allylic oxidation sites excluding steroid dienone is 2. The zero-order valence-corrected chi connectivity index (χ0v) is 9.50. The van der Waals surface area contributed by atoms with Gasteiger partial charge in [0.25, 0.3) is 0 Å². The van der Waals surface area contributed by atoms with E-state index in [2.05, 4.69) is 32.3 Å². The first-order valence-electron chi connectivity index (χ1n) is 4.65. The first kappa shape index (κ1) is 11.7. The first-order valence-corrected chi connectivity index (χ1v) is 7.10. The van der Waals surface area contributed by atoms with Crippen LogP contribution in [0.25, 0.3) is 0 Å². The summed E-state index contributed by atoms with van der Waals surface area (Å²) in [5.41, 5.74) is 0. The highest BCUT2D eigenvalue weighted by atomic mass is 28.3. The molecule has 0 aliphatic heterocycles. The molecule has 0 radical (unpaired) electrons. The fraction of sp³-hybridized carbons (Fsp3) is 0.600. The van der Waals surface area contributed by atoms with Crippen LogP contribution in [0.15, 0.2) is 25.3 Å². The molecular weight excluding hydrogens is 162 g/mol. The Hall–Kier alpha value is -0.343. The Labute approximate surface area is 78.2 Å². The van der Waals surface area contributed by atoms with Crippen LogP contribution in [0.3, 0.4) is 0 Å². The molecule has 0 fully saturated rings. The Morgan fingerprint density at radius 1 is 1.25 bits per heavy atom. The quantitative estimate of drug-likeness (QED) is 0.471. The molecule has 0 aliphatic rings. The van der Waals surface area contributed by atoms with Gasteiger partial charge in [-0.1, -0.05) is 26.0 Å². The SMILES string of the molecule is C=CC[SiH](CC=C)CNC(C)C. The molecule has 2 heteroatoms. The summed E-state index contributed by atoms with van der Waals surface area (Å²) in [6, 6.07) is 3.03. The lowest BCUT2D eigenvalue weighted by Gasteiger charge is -2.14. The Kier molecular flexibility index (Phi) is 7.10. The molecule has 0 saturated carbocycles. The average Bonchev–Trinajstić information content (AvgIpc) is 2.01. The monoisotopic (exact) mass is 183 g/mol. The van der Waals surface area contributed by atoms with Gasteiger partial charge >= 0.3 is 0 Å². The van der Waals surface area contributed by atoms with Crippen LogP contribution in [0.2, 0.25) is 12.1 Å². The highest BCUT2D eigenvalue weighted by Gasteiger charge is 2.06. The molecule has 0 heterocycles. The summed E-state index contributed by atoms with van der Waals surface area (Å²) in [6.07, 6.45) is 5.29.